The average molecular weight is 308 g/mol. The highest BCUT2D eigenvalue weighted by Gasteiger charge is 2.16. The van der Waals surface area contributed by atoms with Gasteiger partial charge in [-0.1, -0.05) is 42.5 Å². The monoisotopic (exact) mass is 308 g/mol. The number of carbonyl (C=O) groups is 1. The number of aliphatic hydroxyl groups is 1. The van der Waals surface area contributed by atoms with E-state index in [1.165, 1.54) is 0 Å². The third-order valence-electron chi connectivity index (χ3n) is 3.75. The molecule has 0 saturated heterocycles. The Bertz CT molecular complexity index is 692. The highest BCUT2D eigenvalue weighted by Crippen LogP contribution is 2.16. The molecule has 0 aliphatic heterocycles. The first-order valence-electron chi connectivity index (χ1n) is 7.61. The van der Waals surface area contributed by atoms with E-state index in [1.54, 1.807) is 24.3 Å². The van der Waals surface area contributed by atoms with Crippen molar-refractivity contribution in [2.45, 2.75) is 25.5 Å². The van der Waals surface area contributed by atoms with Crippen LogP contribution in [0.4, 0.5) is 0 Å². The summed E-state index contributed by atoms with van der Waals surface area (Å²) in [5.74, 6) is -0.0176. The van der Waals surface area contributed by atoms with Gasteiger partial charge in [-0.15, -0.1) is 0 Å². The van der Waals surface area contributed by atoms with E-state index in [2.05, 4.69) is 5.32 Å². The number of aliphatic hydroxyl groups excluding tert-OH is 1. The number of nitrogens with one attached hydrogen (secondary N) is 1. The molecule has 2 unspecified atom stereocenters. The number of nitriles is 1. The molecule has 2 rings (SSSR count). The minimum absolute atomic E-state index is 0.0176. The second kappa shape index (κ2) is 8.23. The molecule has 4 nitrogen and oxygen atoms in total. The van der Waals surface area contributed by atoms with Crippen LogP contribution in [-0.4, -0.2) is 23.5 Å². The number of Topliss-reactive ketones (excluding diaryl/α,β-unsaturated/α-hetero) is 1. The summed E-state index contributed by atoms with van der Waals surface area (Å²) < 4.78 is 0. The molecule has 2 atom stereocenters. The molecule has 2 aromatic rings. The predicted octanol–water partition coefficient (Wildman–Crippen LogP) is 2.84. The van der Waals surface area contributed by atoms with Crippen LogP contribution in [0.1, 0.15) is 40.9 Å². The Morgan fingerprint density at radius 3 is 2.65 bits per heavy atom. The first kappa shape index (κ1) is 16.9. The van der Waals surface area contributed by atoms with Crippen molar-refractivity contribution in [2.75, 3.05) is 6.54 Å². The molecule has 0 heterocycles. The van der Waals surface area contributed by atoms with Gasteiger partial charge in [0.05, 0.1) is 17.7 Å². The topological polar surface area (TPSA) is 73.1 Å². The van der Waals surface area contributed by atoms with Crippen LogP contribution in [0.5, 0.6) is 0 Å². The summed E-state index contributed by atoms with van der Waals surface area (Å²) in [5, 5.41) is 22.3. The Labute approximate surface area is 136 Å². The maximum atomic E-state index is 12.1. The zero-order valence-electron chi connectivity index (χ0n) is 13.1. The molecule has 23 heavy (non-hydrogen) atoms. The molecule has 4 heteroatoms. The molecule has 2 aromatic carbocycles. The summed E-state index contributed by atoms with van der Waals surface area (Å²) in [6, 6.07) is 18.0. The maximum Gasteiger partial charge on any atom is 0.164 e. The fourth-order valence-electron chi connectivity index (χ4n) is 2.37. The molecule has 0 aromatic heterocycles. The van der Waals surface area contributed by atoms with Crippen LogP contribution in [0.15, 0.2) is 54.6 Å². The van der Waals surface area contributed by atoms with Crippen LogP contribution in [-0.2, 0) is 0 Å². The summed E-state index contributed by atoms with van der Waals surface area (Å²) in [6.07, 6.45) is -0.297. The summed E-state index contributed by atoms with van der Waals surface area (Å²) in [5.41, 5.74) is 1.87. The lowest BCUT2D eigenvalue weighted by Gasteiger charge is -2.20. The average Bonchev–Trinajstić information content (AvgIpc) is 2.61. The van der Waals surface area contributed by atoms with E-state index in [4.69, 9.17) is 5.26 Å². The molecule has 0 saturated carbocycles. The predicted molar refractivity (Wildman–Crippen MR) is 89.0 cm³/mol. The quantitative estimate of drug-likeness (QED) is 0.771. The van der Waals surface area contributed by atoms with Gasteiger partial charge in [-0.05, 0) is 24.6 Å². The smallest absolute Gasteiger partial charge is 0.164 e. The highest BCUT2D eigenvalue weighted by atomic mass is 16.3. The van der Waals surface area contributed by atoms with Crippen LogP contribution in [0, 0.1) is 11.3 Å². The molecule has 0 aliphatic rings. The number of carbonyl (C=O) groups excluding carboxylic acids is 1. The van der Waals surface area contributed by atoms with Crippen molar-refractivity contribution in [2.24, 2.45) is 0 Å². The second-order valence-electron chi connectivity index (χ2n) is 5.46. The zero-order valence-corrected chi connectivity index (χ0v) is 13.1. The molecule has 0 amide bonds. The van der Waals surface area contributed by atoms with Gasteiger partial charge in [0.25, 0.3) is 0 Å². The largest absolute Gasteiger partial charge is 0.387 e. The van der Waals surface area contributed by atoms with Crippen molar-refractivity contribution in [1.29, 1.82) is 5.26 Å². The van der Waals surface area contributed by atoms with E-state index in [0.717, 1.165) is 5.56 Å². The minimum atomic E-state index is -0.617. The Morgan fingerprint density at radius 2 is 1.96 bits per heavy atom. The van der Waals surface area contributed by atoms with Crippen molar-refractivity contribution in [3.05, 3.63) is 71.3 Å². The fraction of sp³-hybridized carbons (Fsp3) is 0.263. The number of ketones is 1. The number of benzene rings is 2. The first-order valence-corrected chi connectivity index (χ1v) is 7.61. The lowest BCUT2D eigenvalue weighted by atomic mass is 10.0. The molecule has 0 aliphatic carbocycles. The van der Waals surface area contributed by atoms with Gasteiger partial charge in [0.2, 0.25) is 0 Å². The molecule has 118 valence electrons. The van der Waals surface area contributed by atoms with Crippen molar-refractivity contribution in [3.8, 4) is 6.07 Å². The van der Waals surface area contributed by atoms with Gasteiger partial charge in [-0.2, -0.15) is 5.26 Å². The Hall–Kier alpha value is -2.48. The fourth-order valence-corrected chi connectivity index (χ4v) is 2.37. The van der Waals surface area contributed by atoms with Crippen LogP contribution in [0.25, 0.3) is 0 Å². The van der Waals surface area contributed by atoms with E-state index < -0.39 is 6.10 Å². The zero-order chi connectivity index (χ0) is 16.7. The van der Waals surface area contributed by atoms with Crippen LogP contribution < -0.4 is 5.32 Å². The van der Waals surface area contributed by atoms with Gasteiger partial charge in [-0.3, -0.25) is 4.79 Å². The Balaban J connectivity index is 1.84. The van der Waals surface area contributed by atoms with Crippen LogP contribution >= 0.6 is 0 Å². The van der Waals surface area contributed by atoms with E-state index in [1.807, 2.05) is 43.3 Å². The molecular formula is C19H20N2O2. The van der Waals surface area contributed by atoms with E-state index in [9.17, 15) is 9.90 Å². The molecule has 0 fully saturated rings. The van der Waals surface area contributed by atoms with Gasteiger partial charge in [0.1, 0.15) is 0 Å². The van der Waals surface area contributed by atoms with Crippen molar-refractivity contribution < 1.29 is 9.90 Å². The summed E-state index contributed by atoms with van der Waals surface area (Å²) in [7, 11) is 0. The van der Waals surface area contributed by atoms with E-state index in [-0.39, 0.29) is 11.8 Å². The lowest BCUT2D eigenvalue weighted by molar-refractivity contribution is 0.0972. The number of hydrogen-bond donors (Lipinski definition) is 2. The van der Waals surface area contributed by atoms with Gasteiger partial charge in [0, 0.05) is 24.6 Å². The van der Waals surface area contributed by atoms with Crippen molar-refractivity contribution in [3.63, 3.8) is 0 Å². The Morgan fingerprint density at radius 1 is 1.22 bits per heavy atom. The van der Waals surface area contributed by atoms with Crippen molar-refractivity contribution in [1.82, 2.24) is 5.32 Å². The standard InChI is InChI=1S/C19H20N2O2/c1-14(19(23)16-7-3-2-4-8-16)21-11-10-18(22)17-9-5-6-15(12-17)13-20/h2-9,12,14,19,21,23H,10-11H2,1H3. The molecular weight excluding hydrogens is 288 g/mol. The number of nitrogens with zero attached hydrogens (tertiary/aromatic N) is 1. The normalized spacial score (nSPS) is 13.1. The van der Waals surface area contributed by atoms with Crippen LogP contribution in [0.2, 0.25) is 0 Å². The summed E-state index contributed by atoms with van der Waals surface area (Å²) in [4.78, 5) is 12.1. The number of rotatable bonds is 7. The third kappa shape index (κ3) is 4.75. The van der Waals surface area contributed by atoms with E-state index in [0.29, 0.717) is 24.1 Å². The van der Waals surface area contributed by atoms with Gasteiger partial charge < -0.3 is 10.4 Å². The Kier molecular flexibility index (Phi) is 6.04. The molecule has 0 spiro atoms. The number of hydrogen-bond acceptors (Lipinski definition) is 4. The van der Waals surface area contributed by atoms with Crippen molar-refractivity contribution >= 4 is 5.78 Å². The highest BCUT2D eigenvalue weighted by molar-refractivity contribution is 5.96. The summed E-state index contributed by atoms with van der Waals surface area (Å²) in [6.45, 7) is 2.36. The molecule has 0 bridgehead atoms. The first-order chi connectivity index (χ1) is 11.1. The third-order valence-corrected chi connectivity index (χ3v) is 3.75. The SMILES string of the molecule is CC(NCCC(=O)c1cccc(C#N)c1)C(O)c1ccccc1. The molecule has 2 N–H and O–H groups in total. The van der Waals surface area contributed by atoms with Crippen LogP contribution in [0.3, 0.4) is 0 Å². The minimum Gasteiger partial charge on any atom is -0.387 e. The van der Waals surface area contributed by atoms with Gasteiger partial charge in [-0.25, -0.2) is 0 Å². The maximum absolute atomic E-state index is 12.1. The van der Waals surface area contributed by atoms with Gasteiger partial charge >= 0.3 is 0 Å². The second-order valence-corrected chi connectivity index (χ2v) is 5.46. The molecule has 0 radical (unpaired) electrons. The van der Waals surface area contributed by atoms with E-state index >= 15 is 0 Å². The lowest BCUT2D eigenvalue weighted by Crippen LogP contribution is -2.33. The summed E-state index contributed by atoms with van der Waals surface area (Å²) >= 11 is 0. The van der Waals surface area contributed by atoms with Gasteiger partial charge in [0.15, 0.2) is 5.78 Å².